The molecule has 6 nitrogen and oxygen atoms in total. The Kier molecular flexibility index (Phi) is 5.13. The molecule has 2 aromatic rings. The van der Waals surface area contributed by atoms with Crippen LogP contribution in [0.3, 0.4) is 0 Å². The molecule has 0 saturated heterocycles. The molecule has 0 bridgehead atoms. The fourth-order valence-electron chi connectivity index (χ4n) is 3.97. The predicted octanol–water partition coefficient (Wildman–Crippen LogP) is 3.42. The lowest BCUT2D eigenvalue weighted by Gasteiger charge is -2.31. The lowest BCUT2D eigenvalue weighted by atomic mass is 9.94. The van der Waals surface area contributed by atoms with E-state index in [1.165, 1.54) is 0 Å². The van der Waals surface area contributed by atoms with E-state index in [4.69, 9.17) is 22.1 Å². The zero-order valence-electron chi connectivity index (χ0n) is 15.4. The zero-order valence-corrected chi connectivity index (χ0v) is 16.2. The van der Waals surface area contributed by atoms with Crippen molar-refractivity contribution in [1.82, 2.24) is 10.2 Å². The quantitative estimate of drug-likeness (QED) is 0.811. The van der Waals surface area contributed by atoms with Crippen LogP contribution in [-0.2, 0) is 13.0 Å². The molecule has 1 atom stereocenters. The summed E-state index contributed by atoms with van der Waals surface area (Å²) in [5.74, 6) is 0.226. The third-order valence-electron chi connectivity index (χ3n) is 5.37. The van der Waals surface area contributed by atoms with Gasteiger partial charge in [-0.3, -0.25) is 4.79 Å². The largest absolute Gasteiger partial charge is 0.492 e. The van der Waals surface area contributed by atoms with Gasteiger partial charge >= 0.3 is 6.03 Å². The number of carbonyl (C=O) groups excluding carboxylic acids is 2. The zero-order chi connectivity index (χ0) is 19.7. The molecule has 28 heavy (non-hydrogen) atoms. The Labute approximate surface area is 168 Å². The first-order valence-electron chi connectivity index (χ1n) is 9.42. The van der Waals surface area contributed by atoms with E-state index in [1.807, 2.05) is 18.2 Å². The van der Waals surface area contributed by atoms with Crippen molar-refractivity contribution in [2.45, 2.75) is 31.8 Å². The van der Waals surface area contributed by atoms with Crippen molar-refractivity contribution in [1.29, 1.82) is 0 Å². The number of hydrogen-bond acceptors (Lipinski definition) is 3. The second-order valence-electron chi connectivity index (χ2n) is 7.13. The first kappa shape index (κ1) is 18.6. The Hall–Kier alpha value is -2.73. The Morgan fingerprint density at radius 3 is 2.86 bits per heavy atom. The van der Waals surface area contributed by atoms with Crippen LogP contribution in [0.4, 0.5) is 4.79 Å². The molecule has 146 valence electrons. The number of benzene rings is 2. The molecule has 0 spiro atoms. The number of urea groups is 1. The maximum Gasteiger partial charge on any atom is 0.318 e. The van der Waals surface area contributed by atoms with Crippen molar-refractivity contribution < 1.29 is 14.3 Å². The lowest BCUT2D eigenvalue weighted by molar-refractivity contribution is 0.0998. The predicted molar refractivity (Wildman–Crippen MR) is 107 cm³/mol. The average molecular weight is 400 g/mol. The summed E-state index contributed by atoms with van der Waals surface area (Å²) in [6, 6.07) is 10.8. The number of halogens is 1. The van der Waals surface area contributed by atoms with Gasteiger partial charge in [-0.15, -0.1) is 0 Å². The molecule has 4 rings (SSSR count). The number of carbonyl (C=O) groups is 2. The minimum absolute atomic E-state index is 0.132. The summed E-state index contributed by atoms with van der Waals surface area (Å²) in [6.07, 6.45) is 2.23. The molecular formula is C21H22ClN3O3. The Balaban J connectivity index is 1.52. The molecule has 0 saturated carbocycles. The third kappa shape index (κ3) is 3.52. The summed E-state index contributed by atoms with van der Waals surface area (Å²) in [6.45, 7) is 1.57. The van der Waals surface area contributed by atoms with Crippen molar-refractivity contribution in [2.75, 3.05) is 13.2 Å². The molecule has 0 radical (unpaired) electrons. The number of ether oxygens (including phenoxy) is 1. The maximum atomic E-state index is 13.0. The summed E-state index contributed by atoms with van der Waals surface area (Å²) in [5.41, 5.74) is 8.83. The van der Waals surface area contributed by atoms with E-state index in [9.17, 15) is 9.59 Å². The van der Waals surface area contributed by atoms with Crippen LogP contribution in [0.15, 0.2) is 36.4 Å². The van der Waals surface area contributed by atoms with Crippen LogP contribution in [0, 0.1) is 0 Å². The third-order valence-corrected chi connectivity index (χ3v) is 5.67. The molecule has 2 aliphatic heterocycles. The molecule has 2 aliphatic rings. The highest BCUT2D eigenvalue weighted by Gasteiger charge is 2.28. The van der Waals surface area contributed by atoms with E-state index < -0.39 is 5.91 Å². The number of nitrogens with zero attached hydrogens (tertiary/aromatic N) is 1. The van der Waals surface area contributed by atoms with Gasteiger partial charge in [0.2, 0.25) is 5.91 Å². The van der Waals surface area contributed by atoms with Gasteiger partial charge in [0.1, 0.15) is 5.75 Å². The standard InChI is InChI=1S/C21H22ClN3O3/c22-17-7-2-6-16-18(8-3-11-28-19(16)17)24-21(27)25-10-9-14-13(12-25)4-1-5-15(14)20(23)26/h1-2,4-7,18H,3,8-12H2,(H2,23,26)(H,24,27). The number of nitrogens with two attached hydrogens (primary N) is 1. The fraction of sp³-hybridized carbons (Fsp3) is 0.333. The van der Waals surface area contributed by atoms with Crippen LogP contribution in [0.5, 0.6) is 5.75 Å². The van der Waals surface area contributed by atoms with Gasteiger partial charge in [-0.1, -0.05) is 35.9 Å². The van der Waals surface area contributed by atoms with Crippen LogP contribution in [0.25, 0.3) is 0 Å². The number of hydrogen-bond donors (Lipinski definition) is 2. The number of amides is 3. The maximum absolute atomic E-state index is 13.0. The first-order valence-corrected chi connectivity index (χ1v) is 9.79. The molecular weight excluding hydrogens is 378 g/mol. The van der Waals surface area contributed by atoms with Crippen LogP contribution < -0.4 is 15.8 Å². The number of para-hydroxylation sites is 1. The van der Waals surface area contributed by atoms with Crippen LogP contribution in [0.2, 0.25) is 5.02 Å². The molecule has 0 aromatic heterocycles. The molecule has 0 fully saturated rings. The highest BCUT2D eigenvalue weighted by molar-refractivity contribution is 6.32. The number of rotatable bonds is 2. The summed E-state index contributed by atoms with van der Waals surface area (Å²) in [5, 5.41) is 3.70. The summed E-state index contributed by atoms with van der Waals surface area (Å²) < 4.78 is 5.78. The summed E-state index contributed by atoms with van der Waals surface area (Å²) in [4.78, 5) is 26.4. The fourth-order valence-corrected chi connectivity index (χ4v) is 4.21. The summed E-state index contributed by atoms with van der Waals surface area (Å²) >= 11 is 6.28. The van der Waals surface area contributed by atoms with Crippen LogP contribution in [-0.4, -0.2) is 30.0 Å². The lowest BCUT2D eigenvalue weighted by Crippen LogP contribution is -2.44. The van der Waals surface area contributed by atoms with Gasteiger partial charge in [0.05, 0.1) is 17.7 Å². The highest BCUT2D eigenvalue weighted by Crippen LogP contribution is 2.37. The normalized spacial score (nSPS) is 18.3. The van der Waals surface area contributed by atoms with Crippen molar-refractivity contribution >= 4 is 23.5 Å². The number of primary amides is 1. The van der Waals surface area contributed by atoms with E-state index >= 15 is 0 Å². The van der Waals surface area contributed by atoms with E-state index in [1.54, 1.807) is 23.1 Å². The second kappa shape index (κ2) is 7.72. The van der Waals surface area contributed by atoms with Gasteiger partial charge in [0.15, 0.2) is 0 Å². The first-order chi connectivity index (χ1) is 13.5. The number of nitrogens with one attached hydrogen (secondary N) is 1. The van der Waals surface area contributed by atoms with Crippen molar-refractivity contribution in [3.8, 4) is 5.75 Å². The van der Waals surface area contributed by atoms with Crippen molar-refractivity contribution in [2.24, 2.45) is 5.73 Å². The highest BCUT2D eigenvalue weighted by atomic mass is 35.5. The molecule has 1 unspecified atom stereocenters. The smallest absolute Gasteiger partial charge is 0.318 e. The van der Waals surface area contributed by atoms with Gasteiger partial charge in [-0.05, 0) is 42.5 Å². The summed E-state index contributed by atoms with van der Waals surface area (Å²) in [7, 11) is 0. The van der Waals surface area contributed by atoms with E-state index in [-0.39, 0.29) is 12.1 Å². The van der Waals surface area contributed by atoms with Crippen LogP contribution >= 0.6 is 11.6 Å². The van der Waals surface area contributed by atoms with Crippen LogP contribution in [0.1, 0.15) is 45.9 Å². The molecule has 3 N–H and O–H groups in total. The number of fused-ring (bicyclic) bond motifs is 2. The van der Waals surface area contributed by atoms with E-state index in [0.717, 1.165) is 29.5 Å². The molecule has 0 aliphatic carbocycles. The molecule has 2 aromatic carbocycles. The molecule has 3 amide bonds. The average Bonchev–Trinajstić information content (AvgIpc) is 2.90. The van der Waals surface area contributed by atoms with E-state index in [0.29, 0.717) is 42.5 Å². The van der Waals surface area contributed by atoms with Gasteiger partial charge in [0.25, 0.3) is 0 Å². The van der Waals surface area contributed by atoms with Gasteiger partial charge in [0, 0.05) is 24.2 Å². The van der Waals surface area contributed by atoms with Gasteiger partial charge in [-0.25, -0.2) is 4.79 Å². The molecule has 2 heterocycles. The minimum atomic E-state index is -0.429. The van der Waals surface area contributed by atoms with E-state index in [2.05, 4.69) is 5.32 Å². The Bertz CT molecular complexity index is 931. The van der Waals surface area contributed by atoms with Gasteiger partial charge < -0.3 is 20.7 Å². The second-order valence-corrected chi connectivity index (χ2v) is 7.54. The Morgan fingerprint density at radius 2 is 2.04 bits per heavy atom. The Morgan fingerprint density at radius 1 is 1.21 bits per heavy atom. The van der Waals surface area contributed by atoms with Crippen molar-refractivity contribution in [3.05, 3.63) is 63.7 Å². The molecule has 7 heteroatoms. The SMILES string of the molecule is NC(=O)c1cccc2c1CCN(C(=O)NC1CCCOc3c(Cl)cccc31)C2. The van der Waals surface area contributed by atoms with Gasteiger partial charge in [-0.2, -0.15) is 0 Å². The van der Waals surface area contributed by atoms with Crippen molar-refractivity contribution in [3.63, 3.8) is 0 Å². The topological polar surface area (TPSA) is 84.7 Å². The minimum Gasteiger partial charge on any atom is -0.492 e. The monoisotopic (exact) mass is 399 g/mol.